The molecular weight excluding hydrogens is 474 g/mol. The maximum absolute atomic E-state index is 13.0. The molecule has 2 amide bonds. The Morgan fingerprint density at radius 1 is 1.11 bits per heavy atom. The van der Waals surface area contributed by atoms with Crippen molar-refractivity contribution in [1.82, 2.24) is 29.9 Å². The lowest BCUT2D eigenvalue weighted by atomic mass is 9.85. The summed E-state index contributed by atoms with van der Waals surface area (Å²) in [6.07, 6.45) is 6.85. The van der Waals surface area contributed by atoms with Crippen molar-refractivity contribution in [2.24, 2.45) is 0 Å². The monoisotopic (exact) mass is 503 g/mol. The molecule has 0 saturated carbocycles. The predicted molar refractivity (Wildman–Crippen MR) is 139 cm³/mol. The van der Waals surface area contributed by atoms with Crippen molar-refractivity contribution >= 4 is 29.3 Å². The highest BCUT2D eigenvalue weighted by atomic mass is 32.2. The number of fused-ring (bicyclic) bond motifs is 2. The molecule has 1 aromatic carbocycles. The van der Waals surface area contributed by atoms with E-state index in [2.05, 4.69) is 57.6 Å². The fourth-order valence-electron chi connectivity index (χ4n) is 4.34. The van der Waals surface area contributed by atoms with Crippen LogP contribution < -0.4 is 15.4 Å². The fraction of sp³-hybridized carbons (Fsp3) is 0.346. The molecule has 1 aliphatic rings. The molecule has 1 aliphatic carbocycles. The molecule has 186 valence electrons. The van der Waals surface area contributed by atoms with E-state index in [0.29, 0.717) is 11.0 Å². The van der Waals surface area contributed by atoms with E-state index in [0.717, 1.165) is 41.1 Å². The third-order valence-electron chi connectivity index (χ3n) is 6.18. The lowest BCUT2D eigenvalue weighted by Gasteiger charge is -2.32. The van der Waals surface area contributed by atoms with Crippen LogP contribution in [0.1, 0.15) is 62.6 Å². The van der Waals surface area contributed by atoms with Gasteiger partial charge in [0.15, 0.2) is 10.8 Å². The van der Waals surface area contributed by atoms with E-state index in [1.165, 1.54) is 11.8 Å². The first-order valence-corrected chi connectivity index (χ1v) is 13.1. The van der Waals surface area contributed by atoms with E-state index in [4.69, 9.17) is 4.74 Å². The van der Waals surface area contributed by atoms with Gasteiger partial charge in [-0.3, -0.25) is 9.72 Å². The summed E-state index contributed by atoms with van der Waals surface area (Å²) < 4.78 is 8.19. The third-order valence-corrected chi connectivity index (χ3v) is 6.73. The van der Waals surface area contributed by atoms with Crippen molar-refractivity contribution in [3.8, 4) is 5.75 Å². The van der Waals surface area contributed by atoms with Gasteiger partial charge in [-0.1, -0.05) is 56.8 Å². The highest BCUT2D eigenvalue weighted by Gasteiger charge is 2.29. The van der Waals surface area contributed by atoms with Crippen LogP contribution in [0, 0.1) is 0 Å². The number of thioether (sulfide) groups is 1. The van der Waals surface area contributed by atoms with Crippen molar-refractivity contribution in [2.75, 3.05) is 11.6 Å². The number of aromatic nitrogens is 5. The first-order valence-electron chi connectivity index (χ1n) is 11.9. The minimum atomic E-state index is -0.294. The summed E-state index contributed by atoms with van der Waals surface area (Å²) >= 11 is 1.45. The molecule has 2 atom stereocenters. The largest absolute Gasteiger partial charge is 0.484 e. The van der Waals surface area contributed by atoms with Crippen LogP contribution in [-0.2, 0) is 5.41 Å². The Morgan fingerprint density at radius 2 is 1.92 bits per heavy atom. The number of nitrogens with one attached hydrogen (secondary N) is 2. The highest BCUT2D eigenvalue weighted by Crippen LogP contribution is 2.38. The van der Waals surface area contributed by atoms with Gasteiger partial charge in [0, 0.05) is 11.5 Å². The van der Waals surface area contributed by atoms with Crippen LogP contribution in [-0.4, -0.2) is 36.9 Å². The number of rotatable bonds is 5. The Balaban J connectivity index is 1.31. The van der Waals surface area contributed by atoms with Gasteiger partial charge in [-0.05, 0) is 42.4 Å². The van der Waals surface area contributed by atoms with Crippen LogP contribution >= 0.6 is 11.8 Å². The zero-order valence-electron chi connectivity index (χ0n) is 20.7. The van der Waals surface area contributed by atoms with E-state index in [9.17, 15) is 4.79 Å². The second-order valence-corrected chi connectivity index (χ2v) is 10.6. The van der Waals surface area contributed by atoms with E-state index in [1.807, 2.05) is 53.3 Å². The molecule has 0 radical (unpaired) electrons. The molecule has 10 heteroatoms. The number of amides is 2. The second-order valence-electron chi connectivity index (χ2n) is 9.80. The van der Waals surface area contributed by atoms with Gasteiger partial charge in [-0.25, -0.2) is 14.8 Å². The zero-order valence-corrected chi connectivity index (χ0v) is 21.5. The molecule has 4 aromatic rings. The van der Waals surface area contributed by atoms with Crippen LogP contribution in [0.25, 0.3) is 5.65 Å². The molecule has 0 bridgehead atoms. The molecule has 0 aliphatic heterocycles. The molecule has 9 nitrogen and oxygen atoms in total. The van der Waals surface area contributed by atoms with Gasteiger partial charge in [0.25, 0.3) is 0 Å². The Morgan fingerprint density at radius 3 is 2.69 bits per heavy atom. The van der Waals surface area contributed by atoms with Crippen LogP contribution in [0.2, 0.25) is 0 Å². The van der Waals surface area contributed by atoms with Crippen LogP contribution in [0.3, 0.4) is 0 Å². The van der Waals surface area contributed by atoms with Crippen LogP contribution in [0.4, 0.5) is 10.6 Å². The number of hydrogen-bond donors (Lipinski definition) is 2. The summed E-state index contributed by atoms with van der Waals surface area (Å²) in [5.41, 5.74) is 3.61. The second kappa shape index (κ2) is 9.77. The summed E-state index contributed by atoms with van der Waals surface area (Å²) in [7, 11) is 0. The molecule has 3 aromatic heterocycles. The Hall–Kier alpha value is -3.66. The van der Waals surface area contributed by atoms with Gasteiger partial charge < -0.3 is 10.1 Å². The SMILES string of the molecule is CSc1nc(NC(=O)NC2CCC(Oc3ccc4nncn4c3)c3ccccc32)cc(C(C)(C)C)n1. The topological polar surface area (TPSA) is 106 Å². The smallest absolute Gasteiger partial charge is 0.320 e. The first kappa shape index (κ1) is 24.1. The first-order chi connectivity index (χ1) is 17.3. The summed E-state index contributed by atoms with van der Waals surface area (Å²) in [5, 5.41) is 14.6. The number of anilines is 1. The number of pyridine rings is 1. The number of benzene rings is 1. The number of nitrogens with zero attached hydrogens (tertiary/aromatic N) is 5. The van der Waals surface area contributed by atoms with Gasteiger partial charge in [0.05, 0.1) is 17.9 Å². The van der Waals surface area contributed by atoms with Gasteiger partial charge in [-0.15, -0.1) is 10.2 Å². The Bertz CT molecular complexity index is 1400. The van der Waals surface area contributed by atoms with E-state index < -0.39 is 0 Å². The van der Waals surface area contributed by atoms with E-state index >= 15 is 0 Å². The van der Waals surface area contributed by atoms with Gasteiger partial charge >= 0.3 is 6.03 Å². The lowest BCUT2D eigenvalue weighted by Crippen LogP contribution is -2.36. The number of hydrogen-bond acceptors (Lipinski definition) is 7. The molecule has 0 fully saturated rings. The average Bonchev–Trinajstić information content (AvgIpc) is 3.33. The Labute approximate surface area is 214 Å². The van der Waals surface area contributed by atoms with Gasteiger partial charge in [0.1, 0.15) is 24.0 Å². The summed E-state index contributed by atoms with van der Waals surface area (Å²) in [6, 6.07) is 13.3. The molecule has 0 spiro atoms. The summed E-state index contributed by atoms with van der Waals surface area (Å²) in [4.78, 5) is 22.0. The summed E-state index contributed by atoms with van der Waals surface area (Å²) in [6.45, 7) is 6.27. The van der Waals surface area contributed by atoms with Gasteiger partial charge in [-0.2, -0.15) is 0 Å². The van der Waals surface area contributed by atoms with Crippen molar-refractivity contribution in [2.45, 2.75) is 56.3 Å². The quantitative estimate of drug-likeness (QED) is 0.281. The highest BCUT2D eigenvalue weighted by molar-refractivity contribution is 7.98. The minimum absolute atomic E-state index is 0.114. The normalized spacial score (nSPS) is 17.4. The standard InChI is InChI=1S/C26H29N7O2S/c1-26(2,3)21-13-22(31-25(29-21)36-4)30-24(34)28-19-10-11-20(18-8-6-5-7-17(18)19)35-16-9-12-23-32-27-15-33(23)14-16/h5-9,12-15,19-20H,10-11H2,1-4H3,(H2,28,29,30,31,34). The number of carbonyl (C=O) groups is 1. The maximum atomic E-state index is 13.0. The molecule has 2 unspecified atom stereocenters. The molecule has 2 N–H and O–H groups in total. The van der Waals surface area contributed by atoms with Crippen LogP contribution in [0.5, 0.6) is 5.75 Å². The Kier molecular flexibility index (Phi) is 6.53. The van der Waals surface area contributed by atoms with Crippen molar-refractivity contribution in [3.63, 3.8) is 0 Å². The molecule has 3 heterocycles. The minimum Gasteiger partial charge on any atom is -0.484 e. The zero-order chi connectivity index (χ0) is 25.3. The van der Waals surface area contributed by atoms with Crippen molar-refractivity contribution < 1.29 is 9.53 Å². The molecular formula is C26H29N7O2S. The number of urea groups is 1. The fourth-order valence-corrected chi connectivity index (χ4v) is 4.72. The third kappa shape index (κ3) is 5.13. The van der Waals surface area contributed by atoms with Crippen LogP contribution in [0.15, 0.2) is 60.1 Å². The number of carbonyl (C=O) groups excluding carboxylic acids is 1. The molecule has 5 rings (SSSR count). The van der Waals surface area contributed by atoms with E-state index in [-0.39, 0.29) is 23.6 Å². The molecule has 36 heavy (non-hydrogen) atoms. The van der Waals surface area contributed by atoms with Gasteiger partial charge in [0.2, 0.25) is 0 Å². The predicted octanol–water partition coefficient (Wildman–Crippen LogP) is 5.32. The average molecular weight is 504 g/mol. The number of ether oxygens (including phenoxy) is 1. The van der Waals surface area contributed by atoms with Crippen molar-refractivity contribution in [3.05, 3.63) is 71.8 Å². The van der Waals surface area contributed by atoms with E-state index in [1.54, 1.807) is 6.33 Å². The van der Waals surface area contributed by atoms with Crippen molar-refractivity contribution in [1.29, 1.82) is 0 Å². The molecule has 0 saturated heterocycles. The lowest BCUT2D eigenvalue weighted by molar-refractivity contribution is 0.171. The maximum Gasteiger partial charge on any atom is 0.320 e. The summed E-state index contributed by atoms with van der Waals surface area (Å²) in [5.74, 6) is 1.24.